The van der Waals surface area contributed by atoms with E-state index in [1.54, 1.807) is 18.4 Å². The summed E-state index contributed by atoms with van der Waals surface area (Å²) in [4.78, 5) is 1.18. The van der Waals surface area contributed by atoms with Crippen molar-refractivity contribution < 1.29 is 9.47 Å². The van der Waals surface area contributed by atoms with Crippen LogP contribution in [0.1, 0.15) is 23.6 Å². The van der Waals surface area contributed by atoms with E-state index < -0.39 is 0 Å². The molecule has 2 heterocycles. The molecule has 2 rings (SSSR count). The fourth-order valence-corrected chi connectivity index (χ4v) is 3.15. The summed E-state index contributed by atoms with van der Waals surface area (Å²) in [5, 5.41) is 0.978. The summed E-state index contributed by atoms with van der Waals surface area (Å²) in [5.74, 6) is 0.435. The van der Waals surface area contributed by atoms with E-state index in [9.17, 15) is 0 Å². The van der Waals surface area contributed by atoms with Crippen LogP contribution in [0.2, 0.25) is 0 Å². The second kappa shape index (κ2) is 4.73. The molecule has 3 atom stereocenters. The molecular formula is C11H15ClO2S. The topological polar surface area (TPSA) is 18.5 Å². The SMILES string of the molecule is COc1ccc(C(Cl)C2COC(C)C2)s1. The first-order valence-electron chi connectivity index (χ1n) is 5.10. The highest BCUT2D eigenvalue weighted by atomic mass is 35.5. The minimum absolute atomic E-state index is 0.0591. The number of hydrogen-bond donors (Lipinski definition) is 0. The average Bonchev–Trinajstić information content (AvgIpc) is 2.84. The Morgan fingerprint density at radius 3 is 2.93 bits per heavy atom. The van der Waals surface area contributed by atoms with Crippen LogP contribution in [0.5, 0.6) is 5.06 Å². The van der Waals surface area contributed by atoms with E-state index >= 15 is 0 Å². The quantitative estimate of drug-likeness (QED) is 0.761. The highest BCUT2D eigenvalue weighted by Gasteiger charge is 2.30. The summed E-state index contributed by atoms with van der Waals surface area (Å²) >= 11 is 8.04. The number of ether oxygens (including phenoxy) is 2. The van der Waals surface area contributed by atoms with Gasteiger partial charge in [-0.05, 0) is 25.5 Å². The van der Waals surface area contributed by atoms with Crippen molar-refractivity contribution in [3.05, 3.63) is 17.0 Å². The third-order valence-electron chi connectivity index (χ3n) is 2.72. The molecule has 0 aromatic carbocycles. The molecule has 0 bridgehead atoms. The van der Waals surface area contributed by atoms with Gasteiger partial charge in [-0.3, -0.25) is 0 Å². The molecule has 0 aliphatic carbocycles. The molecule has 0 amide bonds. The minimum Gasteiger partial charge on any atom is -0.487 e. The van der Waals surface area contributed by atoms with Gasteiger partial charge in [0.15, 0.2) is 5.06 Å². The van der Waals surface area contributed by atoms with E-state index in [4.69, 9.17) is 21.1 Å². The van der Waals surface area contributed by atoms with Crippen LogP contribution in [0.4, 0.5) is 0 Å². The van der Waals surface area contributed by atoms with Crippen LogP contribution in [0.3, 0.4) is 0 Å². The number of methoxy groups -OCH3 is 1. The first-order chi connectivity index (χ1) is 7.20. The van der Waals surface area contributed by atoms with E-state index in [2.05, 4.69) is 6.92 Å². The number of alkyl halides is 1. The van der Waals surface area contributed by atoms with Crippen molar-refractivity contribution in [3.8, 4) is 5.06 Å². The van der Waals surface area contributed by atoms with Gasteiger partial charge in [-0.15, -0.1) is 22.9 Å². The summed E-state index contributed by atoms with van der Waals surface area (Å²) in [6.45, 7) is 2.87. The molecule has 84 valence electrons. The van der Waals surface area contributed by atoms with Gasteiger partial charge >= 0.3 is 0 Å². The van der Waals surface area contributed by atoms with E-state index in [1.807, 2.05) is 12.1 Å². The van der Waals surface area contributed by atoms with Gasteiger partial charge in [-0.1, -0.05) is 0 Å². The van der Waals surface area contributed by atoms with Crippen LogP contribution in [0.15, 0.2) is 12.1 Å². The summed E-state index contributed by atoms with van der Waals surface area (Å²) in [6.07, 6.45) is 1.40. The molecule has 1 aromatic rings. The van der Waals surface area contributed by atoms with Crippen molar-refractivity contribution in [2.24, 2.45) is 5.92 Å². The Kier molecular flexibility index (Phi) is 3.54. The predicted molar refractivity (Wildman–Crippen MR) is 63.0 cm³/mol. The molecule has 0 N–H and O–H groups in total. The van der Waals surface area contributed by atoms with Gasteiger partial charge < -0.3 is 9.47 Å². The summed E-state index contributed by atoms with van der Waals surface area (Å²) in [7, 11) is 1.68. The first-order valence-corrected chi connectivity index (χ1v) is 6.35. The molecule has 4 heteroatoms. The van der Waals surface area contributed by atoms with Crippen molar-refractivity contribution in [3.63, 3.8) is 0 Å². The fraction of sp³-hybridized carbons (Fsp3) is 0.636. The van der Waals surface area contributed by atoms with Crippen LogP contribution >= 0.6 is 22.9 Å². The van der Waals surface area contributed by atoms with E-state index in [-0.39, 0.29) is 5.38 Å². The maximum absolute atomic E-state index is 6.42. The Hall–Kier alpha value is -0.250. The van der Waals surface area contributed by atoms with E-state index in [1.165, 1.54) is 4.88 Å². The normalized spacial score (nSPS) is 27.9. The van der Waals surface area contributed by atoms with Crippen molar-refractivity contribution in [1.82, 2.24) is 0 Å². The lowest BCUT2D eigenvalue weighted by atomic mass is 10.0. The van der Waals surface area contributed by atoms with Gasteiger partial charge in [0.2, 0.25) is 0 Å². The zero-order valence-corrected chi connectivity index (χ0v) is 10.5. The Labute approximate surface area is 99.2 Å². The van der Waals surface area contributed by atoms with Gasteiger partial charge in [-0.25, -0.2) is 0 Å². The molecule has 1 fully saturated rings. The van der Waals surface area contributed by atoms with Gasteiger partial charge in [0.25, 0.3) is 0 Å². The number of thiophene rings is 1. The van der Waals surface area contributed by atoms with Crippen LogP contribution in [0.25, 0.3) is 0 Å². The van der Waals surface area contributed by atoms with Gasteiger partial charge in [0.05, 0.1) is 25.2 Å². The molecule has 0 saturated carbocycles. The fourth-order valence-electron chi connectivity index (χ4n) is 1.88. The Morgan fingerprint density at radius 2 is 2.40 bits per heavy atom. The van der Waals surface area contributed by atoms with Crippen molar-refractivity contribution in [2.45, 2.75) is 24.8 Å². The lowest BCUT2D eigenvalue weighted by molar-refractivity contribution is 0.120. The Bertz CT molecular complexity index is 326. The first kappa shape index (κ1) is 11.2. The van der Waals surface area contributed by atoms with Crippen molar-refractivity contribution >= 4 is 22.9 Å². The van der Waals surface area contributed by atoms with Gasteiger partial charge in [-0.2, -0.15) is 0 Å². The summed E-state index contributed by atoms with van der Waals surface area (Å²) < 4.78 is 10.7. The zero-order valence-electron chi connectivity index (χ0n) is 8.90. The molecular weight excluding hydrogens is 232 g/mol. The van der Waals surface area contributed by atoms with Crippen LogP contribution in [0, 0.1) is 5.92 Å². The average molecular weight is 247 g/mol. The maximum atomic E-state index is 6.42. The smallest absolute Gasteiger partial charge is 0.173 e. The molecule has 3 unspecified atom stereocenters. The number of halogens is 1. The predicted octanol–water partition coefficient (Wildman–Crippen LogP) is 3.46. The largest absolute Gasteiger partial charge is 0.487 e. The number of rotatable bonds is 3. The molecule has 2 nitrogen and oxygen atoms in total. The molecule has 1 aromatic heterocycles. The van der Waals surface area contributed by atoms with Crippen LogP contribution < -0.4 is 4.74 Å². The molecule has 1 aliphatic heterocycles. The van der Waals surface area contributed by atoms with Crippen molar-refractivity contribution in [2.75, 3.05) is 13.7 Å². The lowest BCUT2D eigenvalue weighted by Crippen LogP contribution is -2.06. The molecule has 1 aliphatic rings. The van der Waals surface area contributed by atoms with Crippen LogP contribution in [-0.2, 0) is 4.74 Å². The van der Waals surface area contributed by atoms with Gasteiger partial charge in [0, 0.05) is 10.8 Å². The highest BCUT2D eigenvalue weighted by molar-refractivity contribution is 7.14. The highest BCUT2D eigenvalue weighted by Crippen LogP contribution is 2.40. The second-order valence-corrected chi connectivity index (χ2v) is 5.45. The molecule has 1 saturated heterocycles. The molecule has 0 spiro atoms. The minimum atomic E-state index is 0.0591. The Balaban J connectivity index is 2.03. The molecule has 0 radical (unpaired) electrons. The third-order valence-corrected chi connectivity index (χ3v) is 4.57. The molecule has 15 heavy (non-hydrogen) atoms. The second-order valence-electron chi connectivity index (χ2n) is 3.90. The van der Waals surface area contributed by atoms with Crippen molar-refractivity contribution in [1.29, 1.82) is 0 Å². The third kappa shape index (κ3) is 2.47. The summed E-state index contributed by atoms with van der Waals surface area (Å²) in [5.41, 5.74) is 0. The van der Waals surface area contributed by atoms with E-state index in [0.717, 1.165) is 18.1 Å². The monoisotopic (exact) mass is 246 g/mol. The lowest BCUT2D eigenvalue weighted by Gasteiger charge is -2.13. The maximum Gasteiger partial charge on any atom is 0.173 e. The number of hydrogen-bond acceptors (Lipinski definition) is 3. The van der Waals surface area contributed by atoms with Crippen LogP contribution in [-0.4, -0.2) is 19.8 Å². The standard InChI is InChI=1S/C11H15ClO2S/c1-7-5-8(6-14-7)11(12)9-3-4-10(13-2)15-9/h3-4,7-8,11H,5-6H2,1-2H3. The van der Waals surface area contributed by atoms with Gasteiger partial charge in [0.1, 0.15) is 0 Å². The Morgan fingerprint density at radius 1 is 1.60 bits per heavy atom. The summed E-state index contributed by atoms with van der Waals surface area (Å²) in [6, 6.07) is 4.01. The van der Waals surface area contributed by atoms with E-state index in [0.29, 0.717) is 12.0 Å². The zero-order chi connectivity index (χ0) is 10.8.